The van der Waals surface area contributed by atoms with Gasteiger partial charge in [0.15, 0.2) is 0 Å². The van der Waals surface area contributed by atoms with E-state index < -0.39 is 85.9 Å². The van der Waals surface area contributed by atoms with E-state index in [0.717, 1.165) is 16.0 Å². The largest absolute Gasteiger partial charge is 0.472 e. The number of aromatic nitrogens is 1. The molecule has 1 aromatic heterocycles. The number of nitrogens with one attached hydrogen (secondary N) is 2. The third kappa shape index (κ3) is 8.47. The number of ether oxygens (including phenoxy) is 2. The van der Waals surface area contributed by atoms with Gasteiger partial charge in [0.1, 0.15) is 29.3 Å². The van der Waals surface area contributed by atoms with Crippen LogP contribution in [0.2, 0.25) is 0 Å². The fourth-order valence-corrected chi connectivity index (χ4v) is 10.4. The number of anilines is 1. The molecule has 19 heteroatoms. The molecule has 0 radical (unpaired) electrons. The Bertz CT molecular complexity index is 2190. The van der Waals surface area contributed by atoms with Crippen molar-refractivity contribution in [1.82, 2.24) is 24.8 Å². The molecule has 2 saturated heterocycles. The molecule has 0 bridgehead atoms. The first-order chi connectivity index (χ1) is 28.6. The van der Waals surface area contributed by atoms with Crippen LogP contribution < -0.4 is 19.7 Å². The highest BCUT2D eigenvalue weighted by atomic mass is 32.2. The van der Waals surface area contributed by atoms with Crippen molar-refractivity contribution in [3.05, 3.63) is 42.6 Å². The van der Waals surface area contributed by atoms with Gasteiger partial charge in [-0.3, -0.25) is 24.0 Å². The van der Waals surface area contributed by atoms with Crippen LogP contribution in [-0.2, 0) is 29.1 Å². The van der Waals surface area contributed by atoms with Crippen LogP contribution in [0.15, 0.2) is 42.6 Å². The first kappa shape index (κ1) is 44.4. The number of hydrogen-bond donors (Lipinski definition) is 3. The molecule has 7 atom stereocenters. The van der Waals surface area contributed by atoms with Crippen molar-refractivity contribution < 1.29 is 55.3 Å². The third-order valence-corrected chi connectivity index (χ3v) is 15.5. The van der Waals surface area contributed by atoms with Gasteiger partial charge in [0.25, 0.3) is 5.91 Å². The second kappa shape index (κ2) is 16.2. The van der Waals surface area contributed by atoms with Gasteiger partial charge in [0.2, 0.25) is 27.7 Å². The Balaban J connectivity index is 1.28. The predicted octanol–water partition coefficient (Wildman–Crippen LogP) is 4.99. The van der Waals surface area contributed by atoms with Crippen LogP contribution in [0, 0.1) is 17.8 Å². The van der Waals surface area contributed by atoms with Gasteiger partial charge in [0, 0.05) is 36.2 Å². The van der Waals surface area contributed by atoms with E-state index in [-0.39, 0.29) is 42.5 Å². The molecule has 4 heterocycles. The molecule has 334 valence electrons. The summed E-state index contributed by atoms with van der Waals surface area (Å²) in [6.45, 7) is 8.34. The van der Waals surface area contributed by atoms with E-state index in [4.69, 9.17) is 9.47 Å². The van der Waals surface area contributed by atoms with Gasteiger partial charge in [0.05, 0.1) is 36.4 Å². The summed E-state index contributed by atoms with van der Waals surface area (Å²) in [5, 5.41) is 14.7. The van der Waals surface area contributed by atoms with Crippen LogP contribution in [0.1, 0.15) is 79.6 Å². The number of carboxylic acid groups (broad SMARTS) is 1. The van der Waals surface area contributed by atoms with Gasteiger partial charge < -0.3 is 29.7 Å². The third-order valence-electron chi connectivity index (χ3n) is 13.4. The van der Waals surface area contributed by atoms with E-state index in [9.17, 15) is 41.1 Å². The van der Waals surface area contributed by atoms with Crippen molar-refractivity contribution in [2.45, 2.75) is 120 Å². The van der Waals surface area contributed by atoms with E-state index in [1.165, 1.54) is 13.8 Å². The van der Waals surface area contributed by atoms with Crippen LogP contribution in [0.25, 0.3) is 10.8 Å². The lowest BCUT2D eigenvalue weighted by Crippen LogP contribution is -2.66. The maximum Gasteiger partial charge on any atom is 0.411 e. The summed E-state index contributed by atoms with van der Waals surface area (Å²) < 4.78 is 83.9. The molecular formula is C42H55F3N6O9S. The first-order valence-electron chi connectivity index (χ1n) is 20.9. The average molecular weight is 877 g/mol. The van der Waals surface area contributed by atoms with Crippen LogP contribution in [0.3, 0.4) is 0 Å². The lowest BCUT2D eigenvalue weighted by atomic mass is 9.85. The fourth-order valence-electron chi connectivity index (χ4n) is 9.04. The van der Waals surface area contributed by atoms with Gasteiger partial charge in [-0.15, -0.1) is 0 Å². The quantitative estimate of drug-likeness (QED) is 0.303. The smallest absolute Gasteiger partial charge is 0.411 e. The van der Waals surface area contributed by atoms with Crippen molar-refractivity contribution >= 4 is 50.3 Å². The number of carbonyl (C=O) groups is 4. The van der Waals surface area contributed by atoms with E-state index in [1.807, 2.05) is 31.2 Å². The molecule has 2 aliphatic carbocycles. The zero-order valence-corrected chi connectivity index (χ0v) is 35.9. The number of alkyl halides is 3. The summed E-state index contributed by atoms with van der Waals surface area (Å²) in [4.78, 5) is 64.8. The van der Waals surface area contributed by atoms with Crippen molar-refractivity contribution in [3.63, 3.8) is 0 Å². The zero-order valence-electron chi connectivity index (χ0n) is 35.0. The highest BCUT2D eigenvalue weighted by Crippen LogP contribution is 2.48. The molecule has 5 aliphatic rings. The normalized spacial score (nSPS) is 29.7. The van der Waals surface area contributed by atoms with Crippen molar-refractivity contribution in [1.29, 1.82) is 0 Å². The number of pyridine rings is 1. The van der Waals surface area contributed by atoms with E-state index >= 15 is 4.79 Å². The molecule has 2 saturated carbocycles. The second-order valence-corrected chi connectivity index (χ2v) is 20.4. The molecule has 0 unspecified atom stereocenters. The SMILES string of the molecule is C[C@@H]1CCC=C[C@@H]2C[C@@]2(C(=O)NS(=O)(=O)C2(C)CC2)NC(=O)[C@@H]2C[C@@H](Oc3ncc(N4CCOCC4)c4ccccc34)CN2C(=O)[C@@H](N(C(=O)O)C(C)(C)C(F)(F)F)[C@H](C)C1. The van der Waals surface area contributed by atoms with Gasteiger partial charge in [-0.05, 0) is 77.2 Å². The molecular weight excluding hydrogens is 822 g/mol. The number of allylic oxidation sites excluding steroid dienone is 1. The molecule has 3 aliphatic heterocycles. The lowest BCUT2D eigenvalue weighted by molar-refractivity contribution is -0.222. The maximum atomic E-state index is 15.1. The highest BCUT2D eigenvalue weighted by Gasteiger charge is 2.64. The fraction of sp³-hybridized carbons (Fsp3) is 0.643. The number of carbonyl (C=O) groups excluding carboxylic acids is 3. The van der Waals surface area contributed by atoms with E-state index in [2.05, 4.69) is 19.9 Å². The van der Waals surface area contributed by atoms with Crippen LogP contribution in [0.5, 0.6) is 5.88 Å². The number of morpholine rings is 1. The minimum atomic E-state index is -5.09. The summed E-state index contributed by atoms with van der Waals surface area (Å²) in [6.07, 6.45) is -1.09. The Morgan fingerprint density at radius 2 is 1.75 bits per heavy atom. The predicted molar refractivity (Wildman–Crippen MR) is 218 cm³/mol. The first-order valence-corrected chi connectivity index (χ1v) is 22.4. The number of fused-ring (bicyclic) bond motifs is 3. The number of hydrogen-bond acceptors (Lipinski definition) is 10. The monoisotopic (exact) mass is 876 g/mol. The maximum absolute atomic E-state index is 15.1. The van der Waals surface area contributed by atoms with Crippen LogP contribution in [0.4, 0.5) is 23.7 Å². The Kier molecular flexibility index (Phi) is 11.8. The Morgan fingerprint density at radius 3 is 2.39 bits per heavy atom. The van der Waals surface area contributed by atoms with Gasteiger partial charge in [-0.1, -0.05) is 44.2 Å². The van der Waals surface area contributed by atoms with Crippen LogP contribution in [-0.4, -0.2) is 125 Å². The molecule has 3 N–H and O–H groups in total. The number of amides is 4. The molecule has 1 aromatic carbocycles. The Hall–Kier alpha value is -4.65. The number of rotatable bonds is 8. The van der Waals surface area contributed by atoms with Crippen LogP contribution >= 0.6 is 0 Å². The molecule has 15 nitrogen and oxygen atoms in total. The molecule has 0 spiro atoms. The number of benzene rings is 1. The number of halogens is 3. The highest BCUT2D eigenvalue weighted by molar-refractivity contribution is 7.91. The lowest BCUT2D eigenvalue weighted by Gasteiger charge is -2.45. The summed E-state index contributed by atoms with van der Waals surface area (Å²) in [5.74, 6) is -4.39. The minimum absolute atomic E-state index is 0.0566. The van der Waals surface area contributed by atoms with Gasteiger partial charge in [-0.2, -0.15) is 13.2 Å². The summed E-state index contributed by atoms with van der Waals surface area (Å²) in [5.41, 5.74) is -3.90. The molecule has 7 rings (SSSR count). The summed E-state index contributed by atoms with van der Waals surface area (Å²) >= 11 is 0. The number of sulfonamides is 1. The molecule has 2 aromatic rings. The Morgan fingerprint density at radius 1 is 1.08 bits per heavy atom. The van der Waals surface area contributed by atoms with Crippen molar-refractivity contribution in [2.75, 3.05) is 37.7 Å². The van der Waals surface area contributed by atoms with Gasteiger partial charge in [-0.25, -0.2) is 18.2 Å². The minimum Gasteiger partial charge on any atom is -0.472 e. The standard InChI is InChI=1S/C42H55F3N6O9S/c1-25-10-6-7-11-27-22-41(27,37(54)48-61(57,58)40(5)14-15-40)47-34(52)31-21-28(60-35-30-13-9-8-12-29(30)32(23-46-35)49-16-18-59-19-17-49)24-50(31)36(53)33(26(2)20-25)51(38(55)56)39(3,4)42(43,44)45/h7-9,11-13,23,25-28,31,33H,6,10,14-22,24H2,1-5H3,(H,47,52)(H,48,54)(H,55,56)/t25-,26-,27-,28-,31+,33+,41-/m1/s1. The average Bonchev–Trinajstić information content (AvgIpc) is 4.08. The van der Waals surface area contributed by atoms with E-state index in [0.29, 0.717) is 71.2 Å². The zero-order chi connectivity index (χ0) is 44.3. The molecule has 61 heavy (non-hydrogen) atoms. The van der Waals surface area contributed by atoms with E-state index in [1.54, 1.807) is 18.3 Å². The molecule has 4 amide bonds. The van der Waals surface area contributed by atoms with Gasteiger partial charge >= 0.3 is 12.3 Å². The second-order valence-electron chi connectivity index (χ2n) is 18.2. The number of nitrogens with zero attached hydrogens (tertiary/aromatic N) is 4. The van der Waals surface area contributed by atoms with Crippen molar-refractivity contribution in [3.8, 4) is 5.88 Å². The Labute approximate surface area is 353 Å². The molecule has 4 fully saturated rings. The summed E-state index contributed by atoms with van der Waals surface area (Å²) in [7, 11) is -4.12. The topological polar surface area (TPSA) is 188 Å². The summed E-state index contributed by atoms with van der Waals surface area (Å²) in [6, 6.07) is 4.04. The van der Waals surface area contributed by atoms with Crippen molar-refractivity contribution in [2.24, 2.45) is 17.8 Å².